The van der Waals surface area contributed by atoms with Crippen LogP contribution in [0.2, 0.25) is 0 Å². The summed E-state index contributed by atoms with van der Waals surface area (Å²) in [5.74, 6) is -4.45. The van der Waals surface area contributed by atoms with Gasteiger partial charge in [-0.3, -0.25) is 9.59 Å². The van der Waals surface area contributed by atoms with E-state index in [1.807, 2.05) is 6.92 Å². The van der Waals surface area contributed by atoms with Gasteiger partial charge in [-0.05, 0) is 63.9 Å². The van der Waals surface area contributed by atoms with Crippen LogP contribution in [0.5, 0.6) is 0 Å². The van der Waals surface area contributed by atoms with Crippen molar-refractivity contribution in [2.75, 3.05) is 6.61 Å². The van der Waals surface area contributed by atoms with Crippen molar-refractivity contribution in [3.8, 4) is 0 Å². The number of aliphatic hydroxyl groups excluding tert-OH is 1. The molecule has 3 fully saturated rings. The Bertz CT molecular complexity index is 868. The summed E-state index contributed by atoms with van der Waals surface area (Å²) in [6.07, 6.45) is 2.09. The van der Waals surface area contributed by atoms with Crippen molar-refractivity contribution in [3.63, 3.8) is 0 Å². The first-order valence-corrected chi connectivity index (χ1v) is 11.9. The highest BCUT2D eigenvalue weighted by Crippen LogP contribution is 2.71. The van der Waals surface area contributed by atoms with Crippen molar-refractivity contribution in [1.82, 2.24) is 0 Å². The maximum absolute atomic E-state index is 17.2. The van der Waals surface area contributed by atoms with Gasteiger partial charge in [-0.15, -0.1) is 0 Å². The number of carbonyl (C=O) groups is 2. The standard InChI is InChI=1S/C25H37FO6/c1-6-32-23(5,30)20(29)25(31)14(2)11-18-17-8-7-15-12-16(27)9-10-21(15,3)24(17,26)19(28)13-22(18,25)4/h12,14,17-19,28,30-31H,6-11,13H2,1-5H3/t14-,17-,18-,19-,21-,22-,23?,24-,25-/m0/s1. The van der Waals surface area contributed by atoms with Crippen molar-refractivity contribution >= 4 is 11.6 Å². The topological polar surface area (TPSA) is 104 Å². The first-order chi connectivity index (χ1) is 14.7. The van der Waals surface area contributed by atoms with Crippen molar-refractivity contribution in [1.29, 1.82) is 0 Å². The molecular weight excluding hydrogens is 415 g/mol. The van der Waals surface area contributed by atoms with Crippen molar-refractivity contribution in [3.05, 3.63) is 11.6 Å². The average Bonchev–Trinajstić information content (AvgIpc) is 2.90. The van der Waals surface area contributed by atoms with Gasteiger partial charge < -0.3 is 20.1 Å². The molecule has 0 saturated heterocycles. The molecule has 0 spiro atoms. The van der Waals surface area contributed by atoms with Crippen LogP contribution in [0.4, 0.5) is 4.39 Å². The summed E-state index contributed by atoms with van der Waals surface area (Å²) >= 11 is 0. The molecule has 4 aliphatic rings. The highest BCUT2D eigenvalue weighted by atomic mass is 19.1. The Morgan fingerprint density at radius 3 is 2.59 bits per heavy atom. The molecule has 0 aromatic heterocycles. The molecule has 32 heavy (non-hydrogen) atoms. The van der Waals surface area contributed by atoms with Gasteiger partial charge in [-0.1, -0.05) is 26.3 Å². The van der Waals surface area contributed by atoms with Gasteiger partial charge in [0.2, 0.25) is 11.6 Å². The molecule has 0 heterocycles. The number of Topliss-reactive ketones (excluding diaryl/α,β-unsaturated/α-hetero) is 1. The smallest absolute Gasteiger partial charge is 0.226 e. The Labute approximate surface area is 189 Å². The summed E-state index contributed by atoms with van der Waals surface area (Å²) in [5, 5.41) is 33.9. The Hall–Kier alpha value is -1.15. The Morgan fingerprint density at radius 2 is 1.97 bits per heavy atom. The Balaban J connectivity index is 1.79. The van der Waals surface area contributed by atoms with Gasteiger partial charge in [0.1, 0.15) is 11.3 Å². The van der Waals surface area contributed by atoms with Crippen LogP contribution in [0, 0.1) is 28.6 Å². The van der Waals surface area contributed by atoms with E-state index in [1.54, 1.807) is 26.8 Å². The molecule has 0 aliphatic heterocycles. The lowest BCUT2D eigenvalue weighted by molar-refractivity contribution is -0.246. The van der Waals surface area contributed by atoms with Crippen LogP contribution < -0.4 is 0 Å². The number of fused-ring (bicyclic) bond motifs is 5. The predicted octanol–water partition coefficient (Wildman–Crippen LogP) is 2.87. The van der Waals surface area contributed by atoms with Crippen LogP contribution in [0.3, 0.4) is 0 Å². The molecule has 180 valence electrons. The summed E-state index contributed by atoms with van der Waals surface area (Å²) in [5.41, 5.74) is -5.20. The number of carbonyl (C=O) groups excluding carboxylic acids is 2. The fraction of sp³-hybridized carbons (Fsp3) is 0.840. The van der Waals surface area contributed by atoms with Gasteiger partial charge in [-0.25, -0.2) is 4.39 Å². The monoisotopic (exact) mass is 452 g/mol. The molecule has 1 unspecified atom stereocenters. The molecule has 0 radical (unpaired) electrons. The largest absolute Gasteiger partial charge is 0.390 e. The summed E-state index contributed by atoms with van der Waals surface area (Å²) in [6.45, 7) is 8.30. The minimum atomic E-state index is -2.18. The van der Waals surface area contributed by atoms with Gasteiger partial charge >= 0.3 is 0 Å². The predicted molar refractivity (Wildman–Crippen MR) is 115 cm³/mol. The Kier molecular flexibility index (Phi) is 5.38. The normalized spacial score (nSPS) is 50.0. The van der Waals surface area contributed by atoms with E-state index in [0.717, 1.165) is 5.57 Å². The molecule has 3 N–H and O–H groups in total. The molecule has 9 atom stereocenters. The summed E-state index contributed by atoms with van der Waals surface area (Å²) in [7, 11) is 0. The van der Waals surface area contributed by atoms with E-state index >= 15 is 4.39 Å². The molecule has 7 heteroatoms. The lowest BCUT2D eigenvalue weighted by atomic mass is 9.43. The van der Waals surface area contributed by atoms with E-state index in [4.69, 9.17) is 4.74 Å². The third kappa shape index (κ3) is 2.71. The maximum atomic E-state index is 17.2. The average molecular weight is 453 g/mol. The fourth-order valence-corrected chi connectivity index (χ4v) is 8.09. The molecule has 4 rings (SSSR count). The number of alkyl halides is 1. The number of halogens is 1. The van der Waals surface area contributed by atoms with Crippen LogP contribution in [0.15, 0.2) is 11.6 Å². The van der Waals surface area contributed by atoms with Gasteiger partial charge in [0.05, 0.1) is 6.10 Å². The lowest BCUT2D eigenvalue weighted by Gasteiger charge is -2.63. The minimum Gasteiger partial charge on any atom is -0.390 e. The molecular formula is C25H37FO6. The molecule has 0 aromatic carbocycles. The van der Waals surface area contributed by atoms with E-state index in [1.165, 1.54) is 6.92 Å². The first-order valence-electron chi connectivity index (χ1n) is 11.9. The minimum absolute atomic E-state index is 0.00211. The number of hydrogen-bond donors (Lipinski definition) is 3. The highest BCUT2D eigenvalue weighted by molar-refractivity contribution is 5.94. The van der Waals surface area contributed by atoms with Gasteiger partial charge in [0.25, 0.3) is 0 Å². The second-order valence-electron chi connectivity index (χ2n) is 11.3. The lowest BCUT2D eigenvalue weighted by Crippen LogP contribution is -2.71. The highest BCUT2D eigenvalue weighted by Gasteiger charge is 2.76. The van der Waals surface area contributed by atoms with Gasteiger partial charge in [0, 0.05) is 29.8 Å². The number of ketones is 2. The number of aliphatic hydroxyl groups is 3. The molecule has 0 amide bonds. The number of rotatable bonds is 4. The number of hydrogen-bond acceptors (Lipinski definition) is 6. The molecule has 0 bridgehead atoms. The quantitative estimate of drug-likeness (QED) is 0.567. The van der Waals surface area contributed by atoms with Gasteiger partial charge in [-0.2, -0.15) is 0 Å². The van der Waals surface area contributed by atoms with E-state index in [0.29, 0.717) is 25.7 Å². The van der Waals surface area contributed by atoms with E-state index in [9.17, 15) is 24.9 Å². The number of allylic oxidation sites excluding steroid dienone is 1. The number of ether oxygens (including phenoxy) is 1. The third-order valence-electron chi connectivity index (χ3n) is 9.82. The second-order valence-corrected chi connectivity index (χ2v) is 11.3. The van der Waals surface area contributed by atoms with Crippen LogP contribution in [-0.2, 0) is 14.3 Å². The zero-order valence-corrected chi connectivity index (χ0v) is 19.8. The van der Waals surface area contributed by atoms with Crippen molar-refractivity contribution < 1.29 is 34.0 Å². The van der Waals surface area contributed by atoms with Crippen LogP contribution >= 0.6 is 0 Å². The molecule has 0 aromatic rings. The zero-order valence-electron chi connectivity index (χ0n) is 19.8. The zero-order chi connectivity index (χ0) is 23.9. The molecule has 6 nitrogen and oxygen atoms in total. The SMILES string of the molecule is CCOC(C)(O)C(=O)[C@@]1(O)[C@@H](C)C[C@H]2[C@@H]3CCC4=CC(=O)CC[C@]4(C)[C@@]3(F)[C@@H](O)C[C@@]21C. The second kappa shape index (κ2) is 7.17. The van der Waals surface area contributed by atoms with Crippen LogP contribution in [-0.4, -0.2) is 56.7 Å². The Morgan fingerprint density at radius 1 is 1.31 bits per heavy atom. The summed E-state index contributed by atoms with van der Waals surface area (Å²) < 4.78 is 22.4. The van der Waals surface area contributed by atoms with Gasteiger partial charge in [0.15, 0.2) is 5.78 Å². The van der Waals surface area contributed by atoms with E-state index in [-0.39, 0.29) is 31.1 Å². The van der Waals surface area contributed by atoms with Crippen LogP contribution in [0.1, 0.15) is 73.1 Å². The molecule has 3 saturated carbocycles. The van der Waals surface area contributed by atoms with Crippen molar-refractivity contribution in [2.45, 2.75) is 96.3 Å². The first kappa shape index (κ1) is 24.0. The summed E-state index contributed by atoms with van der Waals surface area (Å²) in [4.78, 5) is 25.5. The molecule has 4 aliphatic carbocycles. The fourth-order valence-electron chi connectivity index (χ4n) is 8.09. The van der Waals surface area contributed by atoms with E-state index in [2.05, 4.69) is 0 Å². The maximum Gasteiger partial charge on any atom is 0.226 e. The summed E-state index contributed by atoms with van der Waals surface area (Å²) in [6, 6.07) is 0. The van der Waals surface area contributed by atoms with Crippen LogP contribution in [0.25, 0.3) is 0 Å². The third-order valence-corrected chi connectivity index (χ3v) is 9.82. The van der Waals surface area contributed by atoms with Crippen molar-refractivity contribution in [2.24, 2.45) is 28.6 Å². The van der Waals surface area contributed by atoms with E-state index < -0.39 is 51.6 Å².